The standard InChI is InChI=1S/C20H29N3O6/c1-28-18(25)12-11-16(19(21)26)23-17(24)10-6-3-7-13-22-20(27)29-14-15-8-4-2-5-9-15/h2,4-5,8-9,16H,3,6-7,10-14H2,1H3,(H2,21,26)(H,22,27)(H,23,24)/t16-/m1/s1. The van der Waals surface area contributed by atoms with E-state index in [2.05, 4.69) is 15.4 Å². The van der Waals surface area contributed by atoms with Crippen molar-refractivity contribution in [2.24, 2.45) is 5.73 Å². The molecule has 0 radical (unpaired) electrons. The molecule has 1 atom stereocenters. The third-order valence-corrected chi connectivity index (χ3v) is 4.11. The molecule has 0 spiro atoms. The molecule has 9 heteroatoms. The predicted octanol–water partition coefficient (Wildman–Crippen LogP) is 1.40. The second kappa shape index (κ2) is 14.0. The minimum Gasteiger partial charge on any atom is -0.469 e. The van der Waals surface area contributed by atoms with Gasteiger partial charge < -0.3 is 25.8 Å². The molecule has 1 aromatic rings. The first-order chi connectivity index (χ1) is 13.9. The quantitative estimate of drug-likeness (QED) is 0.334. The Hall–Kier alpha value is -3.10. The van der Waals surface area contributed by atoms with Crippen LogP contribution in [0, 0.1) is 0 Å². The first-order valence-corrected chi connectivity index (χ1v) is 9.52. The number of rotatable bonds is 13. The molecular formula is C20H29N3O6. The average molecular weight is 407 g/mol. The number of nitrogens with one attached hydrogen (secondary N) is 2. The molecule has 1 aromatic carbocycles. The number of hydrogen-bond acceptors (Lipinski definition) is 6. The zero-order valence-corrected chi connectivity index (χ0v) is 16.6. The first kappa shape index (κ1) is 23.9. The summed E-state index contributed by atoms with van der Waals surface area (Å²) >= 11 is 0. The first-order valence-electron chi connectivity index (χ1n) is 9.52. The van der Waals surface area contributed by atoms with Crippen LogP contribution in [0.1, 0.15) is 44.1 Å². The minimum absolute atomic E-state index is 0.00354. The molecule has 0 aliphatic carbocycles. The number of carbonyl (C=O) groups is 4. The zero-order chi connectivity index (χ0) is 21.5. The number of nitrogens with two attached hydrogens (primary N) is 1. The maximum atomic E-state index is 11.9. The Kier molecular flexibility index (Phi) is 11.5. The van der Waals surface area contributed by atoms with E-state index in [1.807, 2.05) is 30.3 Å². The topological polar surface area (TPSA) is 137 Å². The van der Waals surface area contributed by atoms with Crippen LogP contribution in [0.2, 0.25) is 0 Å². The van der Waals surface area contributed by atoms with E-state index in [-0.39, 0.29) is 31.8 Å². The fraction of sp³-hybridized carbons (Fsp3) is 0.500. The summed E-state index contributed by atoms with van der Waals surface area (Å²) in [5.74, 6) is -1.48. The van der Waals surface area contributed by atoms with Crippen LogP contribution in [-0.4, -0.2) is 43.6 Å². The molecule has 9 nitrogen and oxygen atoms in total. The van der Waals surface area contributed by atoms with Gasteiger partial charge >= 0.3 is 12.1 Å². The van der Waals surface area contributed by atoms with Gasteiger partial charge in [-0.25, -0.2) is 4.79 Å². The van der Waals surface area contributed by atoms with E-state index >= 15 is 0 Å². The van der Waals surface area contributed by atoms with Gasteiger partial charge in [-0.1, -0.05) is 36.8 Å². The van der Waals surface area contributed by atoms with Crippen molar-refractivity contribution in [2.45, 2.75) is 51.2 Å². The van der Waals surface area contributed by atoms with Gasteiger partial charge in [-0.05, 0) is 24.8 Å². The van der Waals surface area contributed by atoms with Gasteiger partial charge in [0.2, 0.25) is 11.8 Å². The van der Waals surface area contributed by atoms with E-state index in [1.165, 1.54) is 7.11 Å². The van der Waals surface area contributed by atoms with Crippen LogP contribution >= 0.6 is 0 Å². The van der Waals surface area contributed by atoms with E-state index < -0.39 is 24.0 Å². The number of hydrogen-bond donors (Lipinski definition) is 3. The van der Waals surface area contributed by atoms with Crippen LogP contribution in [0.25, 0.3) is 0 Å². The number of methoxy groups -OCH3 is 1. The van der Waals surface area contributed by atoms with Crippen LogP contribution < -0.4 is 16.4 Å². The molecule has 29 heavy (non-hydrogen) atoms. The number of carbonyl (C=O) groups excluding carboxylic acids is 4. The molecule has 0 aromatic heterocycles. The highest BCUT2D eigenvalue weighted by molar-refractivity contribution is 5.87. The molecule has 3 amide bonds. The van der Waals surface area contributed by atoms with Crippen molar-refractivity contribution in [3.8, 4) is 0 Å². The Bertz CT molecular complexity index is 665. The number of ether oxygens (including phenoxy) is 2. The van der Waals surface area contributed by atoms with Crippen LogP contribution in [0.4, 0.5) is 4.79 Å². The lowest BCUT2D eigenvalue weighted by Crippen LogP contribution is -2.44. The van der Waals surface area contributed by atoms with Crippen LogP contribution in [-0.2, 0) is 30.5 Å². The van der Waals surface area contributed by atoms with Crippen molar-refractivity contribution in [3.63, 3.8) is 0 Å². The van der Waals surface area contributed by atoms with Crippen molar-refractivity contribution in [3.05, 3.63) is 35.9 Å². The van der Waals surface area contributed by atoms with Crippen molar-refractivity contribution >= 4 is 23.9 Å². The van der Waals surface area contributed by atoms with E-state index in [1.54, 1.807) is 0 Å². The highest BCUT2D eigenvalue weighted by Crippen LogP contribution is 2.03. The molecule has 0 heterocycles. The molecule has 0 saturated heterocycles. The molecule has 0 saturated carbocycles. The highest BCUT2D eigenvalue weighted by atomic mass is 16.5. The summed E-state index contributed by atoms with van der Waals surface area (Å²) in [4.78, 5) is 46.0. The Balaban J connectivity index is 2.10. The van der Waals surface area contributed by atoms with Crippen molar-refractivity contribution in [1.82, 2.24) is 10.6 Å². The smallest absolute Gasteiger partial charge is 0.407 e. The SMILES string of the molecule is COC(=O)CC[C@@H](NC(=O)CCCCCNC(=O)OCc1ccccc1)C(N)=O. The van der Waals surface area contributed by atoms with Crippen molar-refractivity contribution in [2.75, 3.05) is 13.7 Å². The number of esters is 1. The van der Waals surface area contributed by atoms with E-state index in [9.17, 15) is 19.2 Å². The average Bonchev–Trinajstić information content (AvgIpc) is 2.72. The number of amides is 3. The van der Waals surface area contributed by atoms with Crippen LogP contribution in [0.3, 0.4) is 0 Å². The molecule has 0 fully saturated rings. The summed E-state index contributed by atoms with van der Waals surface area (Å²) in [6.07, 6.45) is 1.83. The third-order valence-electron chi connectivity index (χ3n) is 4.11. The van der Waals surface area contributed by atoms with Gasteiger partial charge in [0, 0.05) is 19.4 Å². The Morgan fingerprint density at radius 3 is 2.41 bits per heavy atom. The minimum atomic E-state index is -0.900. The van der Waals surface area contributed by atoms with E-state index in [0.717, 1.165) is 12.0 Å². The van der Waals surface area contributed by atoms with Gasteiger partial charge in [-0.2, -0.15) is 0 Å². The Morgan fingerprint density at radius 1 is 1.03 bits per heavy atom. The summed E-state index contributed by atoms with van der Waals surface area (Å²) in [6.45, 7) is 0.655. The fourth-order valence-electron chi connectivity index (χ4n) is 2.47. The maximum absolute atomic E-state index is 11.9. The second-order valence-corrected chi connectivity index (χ2v) is 6.44. The lowest BCUT2D eigenvalue weighted by atomic mass is 10.1. The van der Waals surface area contributed by atoms with Crippen LogP contribution in [0.15, 0.2) is 30.3 Å². The number of alkyl carbamates (subject to hydrolysis) is 1. The molecule has 0 unspecified atom stereocenters. The molecular weight excluding hydrogens is 378 g/mol. The second-order valence-electron chi connectivity index (χ2n) is 6.44. The summed E-state index contributed by atoms with van der Waals surface area (Å²) < 4.78 is 9.60. The number of unbranched alkanes of at least 4 members (excludes halogenated alkanes) is 2. The van der Waals surface area contributed by atoms with E-state index in [4.69, 9.17) is 10.5 Å². The van der Waals surface area contributed by atoms with Gasteiger partial charge in [-0.3, -0.25) is 14.4 Å². The van der Waals surface area contributed by atoms with Gasteiger partial charge in [0.15, 0.2) is 0 Å². The molecule has 1 rings (SSSR count). The highest BCUT2D eigenvalue weighted by Gasteiger charge is 2.19. The summed E-state index contributed by atoms with van der Waals surface area (Å²) in [5.41, 5.74) is 6.15. The molecule has 0 bridgehead atoms. The van der Waals surface area contributed by atoms with Gasteiger partial charge in [0.05, 0.1) is 7.11 Å². The fourth-order valence-corrected chi connectivity index (χ4v) is 2.47. The summed E-state index contributed by atoms with van der Waals surface area (Å²) in [6, 6.07) is 8.48. The predicted molar refractivity (Wildman–Crippen MR) is 105 cm³/mol. The van der Waals surface area contributed by atoms with Gasteiger partial charge in [0.25, 0.3) is 0 Å². The van der Waals surface area contributed by atoms with Crippen LogP contribution in [0.5, 0.6) is 0 Å². The number of benzene rings is 1. The van der Waals surface area contributed by atoms with E-state index in [0.29, 0.717) is 19.4 Å². The lowest BCUT2D eigenvalue weighted by molar-refractivity contribution is -0.141. The maximum Gasteiger partial charge on any atom is 0.407 e. The van der Waals surface area contributed by atoms with Crippen molar-refractivity contribution < 1.29 is 28.7 Å². The zero-order valence-electron chi connectivity index (χ0n) is 16.6. The number of primary amides is 1. The Morgan fingerprint density at radius 2 is 1.76 bits per heavy atom. The van der Waals surface area contributed by atoms with Gasteiger partial charge in [0.1, 0.15) is 12.6 Å². The van der Waals surface area contributed by atoms with Gasteiger partial charge in [-0.15, -0.1) is 0 Å². The monoisotopic (exact) mass is 407 g/mol. The largest absolute Gasteiger partial charge is 0.469 e. The molecule has 160 valence electrons. The molecule has 0 aliphatic rings. The van der Waals surface area contributed by atoms with Crippen molar-refractivity contribution in [1.29, 1.82) is 0 Å². The summed E-state index contributed by atoms with van der Waals surface area (Å²) in [7, 11) is 1.25. The lowest BCUT2D eigenvalue weighted by Gasteiger charge is -2.14. The summed E-state index contributed by atoms with van der Waals surface area (Å²) in [5, 5.41) is 5.18. The third kappa shape index (κ3) is 11.4. The Labute approximate surface area is 170 Å². The normalized spacial score (nSPS) is 11.2. The molecule has 0 aliphatic heterocycles. The molecule has 4 N–H and O–H groups in total.